The van der Waals surface area contributed by atoms with Crippen molar-refractivity contribution in [2.75, 3.05) is 12.4 Å². The van der Waals surface area contributed by atoms with E-state index >= 15 is 0 Å². The molecule has 0 saturated carbocycles. The lowest BCUT2D eigenvalue weighted by molar-refractivity contribution is -0.115. The summed E-state index contributed by atoms with van der Waals surface area (Å²) in [7, 11) is 1.66. The minimum atomic E-state index is -0.0223. The van der Waals surface area contributed by atoms with Crippen molar-refractivity contribution in [3.8, 4) is 11.4 Å². The summed E-state index contributed by atoms with van der Waals surface area (Å²) in [5, 5.41) is 4.05. The fourth-order valence-electron chi connectivity index (χ4n) is 3.22. The first-order chi connectivity index (χ1) is 13.2. The van der Waals surface area contributed by atoms with Crippen LogP contribution in [0.15, 0.2) is 85.1 Å². The van der Waals surface area contributed by atoms with E-state index in [1.54, 1.807) is 7.11 Å². The van der Waals surface area contributed by atoms with Crippen molar-refractivity contribution in [1.29, 1.82) is 0 Å². The van der Waals surface area contributed by atoms with E-state index in [1.165, 1.54) is 0 Å². The minimum absolute atomic E-state index is 0.0223. The van der Waals surface area contributed by atoms with Crippen LogP contribution in [0.25, 0.3) is 16.6 Å². The highest BCUT2D eigenvalue weighted by Crippen LogP contribution is 2.28. The number of anilines is 1. The second-order valence-corrected chi connectivity index (χ2v) is 6.33. The van der Waals surface area contributed by atoms with Gasteiger partial charge in [0.25, 0.3) is 0 Å². The maximum absolute atomic E-state index is 12.4. The molecule has 1 aromatic heterocycles. The number of amides is 1. The maximum atomic E-state index is 12.4. The molecule has 4 aromatic rings. The molecule has 1 heterocycles. The molecular weight excluding hydrogens is 336 g/mol. The average Bonchev–Trinajstić information content (AvgIpc) is 3.14. The molecule has 0 aliphatic heterocycles. The van der Waals surface area contributed by atoms with Crippen LogP contribution < -0.4 is 10.1 Å². The van der Waals surface area contributed by atoms with Gasteiger partial charge in [-0.1, -0.05) is 36.4 Å². The van der Waals surface area contributed by atoms with E-state index in [4.69, 9.17) is 4.74 Å². The number of ether oxygens (including phenoxy) is 1. The van der Waals surface area contributed by atoms with Gasteiger partial charge in [0.1, 0.15) is 5.75 Å². The zero-order chi connectivity index (χ0) is 18.6. The van der Waals surface area contributed by atoms with Crippen molar-refractivity contribution in [3.05, 3.63) is 90.6 Å². The standard InChI is InChI=1S/C23H20N2O2/c1-27-19-12-10-18(11-13-19)25-15-14-20-21(8-5-9-22(20)25)24-23(26)16-17-6-3-2-4-7-17/h2-15H,16H2,1H3,(H,24,26). The van der Waals surface area contributed by atoms with Crippen molar-refractivity contribution in [1.82, 2.24) is 4.57 Å². The largest absolute Gasteiger partial charge is 0.497 e. The Morgan fingerprint density at radius 2 is 1.70 bits per heavy atom. The second kappa shape index (κ2) is 7.38. The van der Waals surface area contributed by atoms with Crippen LogP contribution >= 0.6 is 0 Å². The van der Waals surface area contributed by atoms with Crippen molar-refractivity contribution in [2.45, 2.75) is 6.42 Å². The highest BCUT2D eigenvalue weighted by Gasteiger charge is 2.10. The maximum Gasteiger partial charge on any atom is 0.228 e. The molecule has 27 heavy (non-hydrogen) atoms. The Balaban J connectivity index is 1.61. The molecule has 3 aromatic carbocycles. The van der Waals surface area contributed by atoms with Gasteiger partial charge in [-0.05, 0) is 48.0 Å². The number of fused-ring (bicyclic) bond motifs is 1. The summed E-state index contributed by atoms with van der Waals surface area (Å²) in [6.45, 7) is 0. The van der Waals surface area contributed by atoms with Gasteiger partial charge in [-0.3, -0.25) is 4.79 Å². The van der Waals surface area contributed by atoms with E-state index in [0.717, 1.165) is 33.6 Å². The van der Waals surface area contributed by atoms with E-state index in [0.29, 0.717) is 6.42 Å². The summed E-state index contributed by atoms with van der Waals surface area (Å²) in [4.78, 5) is 12.4. The molecule has 0 fully saturated rings. The van der Waals surface area contributed by atoms with E-state index in [1.807, 2.05) is 85.1 Å². The number of aromatic nitrogens is 1. The van der Waals surface area contributed by atoms with Gasteiger partial charge in [0.2, 0.25) is 5.91 Å². The monoisotopic (exact) mass is 356 g/mol. The summed E-state index contributed by atoms with van der Waals surface area (Å²) in [5.41, 5.74) is 3.90. The first-order valence-electron chi connectivity index (χ1n) is 8.83. The van der Waals surface area contributed by atoms with Gasteiger partial charge in [-0.2, -0.15) is 0 Å². The van der Waals surface area contributed by atoms with Crippen LogP contribution in [0.2, 0.25) is 0 Å². The van der Waals surface area contributed by atoms with Gasteiger partial charge in [0.15, 0.2) is 0 Å². The Morgan fingerprint density at radius 1 is 0.926 bits per heavy atom. The number of methoxy groups -OCH3 is 1. The summed E-state index contributed by atoms with van der Waals surface area (Å²) in [6, 6.07) is 25.6. The Morgan fingerprint density at radius 3 is 2.44 bits per heavy atom. The summed E-state index contributed by atoms with van der Waals surface area (Å²) >= 11 is 0. The lowest BCUT2D eigenvalue weighted by Gasteiger charge is -2.09. The lowest BCUT2D eigenvalue weighted by atomic mass is 10.1. The lowest BCUT2D eigenvalue weighted by Crippen LogP contribution is -2.14. The highest BCUT2D eigenvalue weighted by atomic mass is 16.5. The first kappa shape index (κ1) is 16.9. The molecule has 4 heteroatoms. The van der Waals surface area contributed by atoms with Gasteiger partial charge < -0.3 is 14.6 Å². The molecule has 4 rings (SSSR count). The van der Waals surface area contributed by atoms with Gasteiger partial charge in [-0.15, -0.1) is 0 Å². The molecule has 4 nitrogen and oxygen atoms in total. The number of hydrogen-bond donors (Lipinski definition) is 1. The van der Waals surface area contributed by atoms with Crippen LogP contribution in [-0.4, -0.2) is 17.6 Å². The molecule has 0 atom stereocenters. The molecule has 0 aliphatic rings. The zero-order valence-electron chi connectivity index (χ0n) is 15.1. The number of nitrogens with zero attached hydrogens (tertiary/aromatic N) is 1. The van der Waals surface area contributed by atoms with Crippen molar-refractivity contribution >= 4 is 22.5 Å². The fraction of sp³-hybridized carbons (Fsp3) is 0.0870. The van der Waals surface area contributed by atoms with Crippen molar-refractivity contribution < 1.29 is 9.53 Å². The molecule has 0 aliphatic carbocycles. The average molecular weight is 356 g/mol. The van der Waals surface area contributed by atoms with Crippen LogP contribution in [-0.2, 0) is 11.2 Å². The first-order valence-corrected chi connectivity index (χ1v) is 8.83. The predicted molar refractivity (Wildman–Crippen MR) is 109 cm³/mol. The highest BCUT2D eigenvalue weighted by molar-refractivity contribution is 6.02. The number of carbonyl (C=O) groups is 1. The van der Waals surface area contributed by atoms with Gasteiger partial charge >= 0.3 is 0 Å². The molecule has 0 bridgehead atoms. The van der Waals surface area contributed by atoms with Crippen LogP contribution in [0, 0.1) is 0 Å². The smallest absolute Gasteiger partial charge is 0.228 e. The number of rotatable bonds is 5. The van der Waals surface area contributed by atoms with Crippen molar-refractivity contribution in [3.63, 3.8) is 0 Å². The summed E-state index contributed by atoms with van der Waals surface area (Å²) < 4.78 is 7.33. The van der Waals surface area contributed by atoms with E-state index < -0.39 is 0 Å². The van der Waals surface area contributed by atoms with Crippen molar-refractivity contribution in [2.24, 2.45) is 0 Å². The molecule has 0 saturated heterocycles. The normalized spacial score (nSPS) is 10.7. The van der Waals surface area contributed by atoms with Gasteiger partial charge in [0, 0.05) is 17.3 Å². The zero-order valence-corrected chi connectivity index (χ0v) is 15.1. The molecule has 0 unspecified atom stereocenters. The van der Waals surface area contributed by atoms with Gasteiger partial charge in [0.05, 0.1) is 24.7 Å². The molecule has 1 N–H and O–H groups in total. The van der Waals surface area contributed by atoms with Crippen LogP contribution in [0.5, 0.6) is 5.75 Å². The Kier molecular flexibility index (Phi) is 4.62. The third-order valence-electron chi connectivity index (χ3n) is 4.57. The number of nitrogens with one attached hydrogen (secondary N) is 1. The predicted octanol–water partition coefficient (Wildman–Crippen LogP) is 4.82. The summed E-state index contributed by atoms with van der Waals surface area (Å²) in [6.07, 6.45) is 2.37. The summed E-state index contributed by atoms with van der Waals surface area (Å²) in [5.74, 6) is 0.801. The number of benzene rings is 3. The number of hydrogen-bond acceptors (Lipinski definition) is 2. The third-order valence-corrected chi connectivity index (χ3v) is 4.57. The molecular formula is C23H20N2O2. The SMILES string of the molecule is COc1ccc(-n2ccc3c(NC(=O)Cc4ccccc4)cccc32)cc1. The Hall–Kier alpha value is -3.53. The minimum Gasteiger partial charge on any atom is -0.497 e. The Bertz CT molecular complexity index is 1070. The van der Waals surface area contributed by atoms with E-state index in [-0.39, 0.29) is 5.91 Å². The van der Waals surface area contributed by atoms with Gasteiger partial charge in [-0.25, -0.2) is 0 Å². The van der Waals surface area contributed by atoms with Crippen LogP contribution in [0.4, 0.5) is 5.69 Å². The van der Waals surface area contributed by atoms with Crippen LogP contribution in [0.1, 0.15) is 5.56 Å². The molecule has 0 radical (unpaired) electrons. The third kappa shape index (κ3) is 3.55. The quantitative estimate of drug-likeness (QED) is 0.557. The Labute approximate surface area is 158 Å². The topological polar surface area (TPSA) is 43.3 Å². The fourth-order valence-corrected chi connectivity index (χ4v) is 3.22. The van der Waals surface area contributed by atoms with Crippen LogP contribution in [0.3, 0.4) is 0 Å². The number of carbonyl (C=O) groups excluding carboxylic acids is 1. The molecule has 1 amide bonds. The molecule has 134 valence electrons. The molecule has 0 spiro atoms. The van der Waals surface area contributed by atoms with E-state index in [9.17, 15) is 4.79 Å². The second-order valence-electron chi connectivity index (χ2n) is 6.33. The van der Waals surface area contributed by atoms with E-state index in [2.05, 4.69) is 9.88 Å².